The number of hydrogen-bond donors (Lipinski definition) is 0. The molecule has 0 spiro atoms. The summed E-state index contributed by atoms with van der Waals surface area (Å²) in [6, 6.07) is 9.79. The molecule has 4 heteroatoms. The van der Waals surface area contributed by atoms with Gasteiger partial charge in [-0.25, -0.2) is 0 Å². The average Bonchev–Trinajstić information content (AvgIpc) is 3.22. The van der Waals surface area contributed by atoms with Gasteiger partial charge in [0.2, 0.25) is 5.91 Å². The highest BCUT2D eigenvalue weighted by Crippen LogP contribution is 2.25. The van der Waals surface area contributed by atoms with Crippen molar-refractivity contribution in [3.8, 4) is 6.07 Å². The first-order valence-electron chi connectivity index (χ1n) is 6.09. The number of carbonyl (C=O) groups excluding carboxylic acids is 1. The molecule has 0 bridgehead atoms. The zero-order valence-corrected chi connectivity index (χ0v) is 10.8. The van der Waals surface area contributed by atoms with Gasteiger partial charge in [-0.15, -0.1) is 0 Å². The smallest absolute Gasteiger partial charge is 0.242 e. The molecule has 1 aromatic carbocycles. The van der Waals surface area contributed by atoms with Gasteiger partial charge >= 0.3 is 0 Å². The monoisotopic (exact) mass is 243 g/mol. The molecule has 0 aliphatic heterocycles. The Morgan fingerprint density at radius 3 is 2.44 bits per heavy atom. The lowest BCUT2D eigenvalue weighted by molar-refractivity contribution is -0.128. The third-order valence-corrected chi connectivity index (χ3v) is 3.30. The lowest BCUT2D eigenvalue weighted by atomic mass is 10.2. The van der Waals surface area contributed by atoms with E-state index in [1.54, 1.807) is 12.1 Å². The van der Waals surface area contributed by atoms with Crippen LogP contribution in [0.4, 0.5) is 5.69 Å². The predicted octanol–water partition coefficient (Wildman–Crippen LogP) is 1.62. The number of amides is 1. The molecular weight excluding hydrogens is 226 g/mol. The second-order valence-corrected chi connectivity index (χ2v) is 4.75. The number of carbonyl (C=O) groups is 1. The molecule has 1 aromatic rings. The van der Waals surface area contributed by atoms with E-state index in [0.717, 1.165) is 18.5 Å². The molecule has 0 N–H and O–H groups in total. The largest absolute Gasteiger partial charge is 0.365 e. The number of benzene rings is 1. The number of likely N-dealkylation sites (N-methyl/N-ethyl adjacent to an activating group) is 2. The Morgan fingerprint density at radius 2 is 1.94 bits per heavy atom. The van der Waals surface area contributed by atoms with E-state index < -0.39 is 0 Å². The molecule has 1 fully saturated rings. The van der Waals surface area contributed by atoms with Gasteiger partial charge < -0.3 is 9.80 Å². The van der Waals surface area contributed by atoms with E-state index in [1.165, 1.54) is 0 Å². The Bertz CT molecular complexity index is 471. The maximum atomic E-state index is 12.0. The van der Waals surface area contributed by atoms with Crippen LogP contribution in [-0.2, 0) is 4.79 Å². The van der Waals surface area contributed by atoms with Crippen LogP contribution in [0.2, 0.25) is 0 Å². The first-order chi connectivity index (χ1) is 8.61. The number of rotatable bonds is 4. The average molecular weight is 243 g/mol. The van der Waals surface area contributed by atoms with E-state index in [0.29, 0.717) is 18.2 Å². The molecule has 1 aliphatic carbocycles. The van der Waals surface area contributed by atoms with Crippen molar-refractivity contribution >= 4 is 11.6 Å². The summed E-state index contributed by atoms with van der Waals surface area (Å²) in [7, 11) is 3.76. The van der Waals surface area contributed by atoms with Gasteiger partial charge in [0.1, 0.15) is 0 Å². The molecule has 0 heterocycles. The van der Waals surface area contributed by atoms with Crippen LogP contribution in [0.5, 0.6) is 0 Å². The van der Waals surface area contributed by atoms with Crippen LogP contribution in [0.3, 0.4) is 0 Å². The molecule has 0 aromatic heterocycles. The fraction of sp³-hybridized carbons (Fsp3) is 0.429. The van der Waals surface area contributed by atoms with Gasteiger partial charge in [-0.3, -0.25) is 4.79 Å². The fourth-order valence-electron chi connectivity index (χ4n) is 1.86. The number of nitrogens with zero attached hydrogens (tertiary/aromatic N) is 3. The van der Waals surface area contributed by atoms with Gasteiger partial charge in [-0.1, -0.05) is 0 Å². The molecule has 1 saturated carbocycles. The normalized spacial score (nSPS) is 13.8. The Morgan fingerprint density at radius 1 is 1.33 bits per heavy atom. The second kappa shape index (κ2) is 5.09. The summed E-state index contributed by atoms with van der Waals surface area (Å²) in [5, 5.41) is 8.73. The van der Waals surface area contributed by atoms with Crippen molar-refractivity contribution < 1.29 is 4.79 Å². The van der Waals surface area contributed by atoms with Crippen LogP contribution in [-0.4, -0.2) is 37.5 Å². The number of nitriles is 1. The molecular formula is C14H17N3O. The summed E-state index contributed by atoms with van der Waals surface area (Å²) in [5.41, 5.74) is 1.58. The lowest BCUT2D eigenvalue weighted by Crippen LogP contribution is -2.37. The molecule has 0 atom stereocenters. The van der Waals surface area contributed by atoms with Crippen molar-refractivity contribution in [1.29, 1.82) is 5.26 Å². The van der Waals surface area contributed by atoms with Crippen LogP contribution in [0.15, 0.2) is 24.3 Å². The van der Waals surface area contributed by atoms with Crippen LogP contribution in [0.1, 0.15) is 18.4 Å². The van der Waals surface area contributed by atoms with Crippen LogP contribution in [0.25, 0.3) is 0 Å². The Kier molecular flexibility index (Phi) is 3.52. The Hall–Kier alpha value is -2.02. The van der Waals surface area contributed by atoms with E-state index in [1.807, 2.05) is 36.0 Å². The Labute approximate surface area is 107 Å². The lowest BCUT2D eigenvalue weighted by Gasteiger charge is -2.23. The van der Waals surface area contributed by atoms with Crippen molar-refractivity contribution in [2.45, 2.75) is 18.9 Å². The molecule has 0 unspecified atom stereocenters. The standard InChI is InChI=1S/C14H17N3O/c1-16(10-14(18)17(2)13-7-8-13)12-5-3-11(9-15)4-6-12/h3-6,13H,7-8,10H2,1-2H3. The van der Waals surface area contributed by atoms with Crippen LogP contribution >= 0.6 is 0 Å². The molecule has 0 saturated heterocycles. The topological polar surface area (TPSA) is 47.3 Å². The Balaban J connectivity index is 1.95. The summed E-state index contributed by atoms with van der Waals surface area (Å²) in [6.07, 6.45) is 2.26. The summed E-state index contributed by atoms with van der Waals surface area (Å²) in [4.78, 5) is 15.7. The SMILES string of the molecule is CN(CC(=O)N(C)C1CC1)c1ccc(C#N)cc1. The third-order valence-electron chi connectivity index (χ3n) is 3.30. The molecule has 0 radical (unpaired) electrons. The predicted molar refractivity (Wildman–Crippen MR) is 70.2 cm³/mol. The van der Waals surface area contributed by atoms with E-state index in [4.69, 9.17) is 5.26 Å². The van der Waals surface area contributed by atoms with Crippen molar-refractivity contribution in [2.75, 3.05) is 25.5 Å². The van der Waals surface area contributed by atoms with Crippen LogP contribution in [0, 0.1) is 11.3 Å². The summed E-state index contributed by atoms with van der Waals surface area (Å²) >= 11 is 0. The summed E-state index contributed by atoms with van der Waals surface area (Å²) in [5.74, 6) is 0.143. The summed E-state index contributed by atoms with van der Waals surface area (Å²) in [6.45, 7) is 0.374. The minimum absolute atomic E-state index is 0.143. The second-order valence-electron chi connectivity index (χ2n) is 4.75. The molecule has 18 heavy (non-hydrogen) atoms. The highest BCUT2D eigenvalue weighted by molar-refractivity contribution is 5.81. The minimum atomic E-state index is 0.143. The number of hydrogen-bond acceptors (Lipinski definition) is 3. The van der Waals surface area contributed by atoms with Crippen molar-refractivity contribution in [3.63, 3.8) is 0 Å². The van der Waals surface area contributed by atoms with Gasteiger partial charge in [0, 0.05) is 25.8 Å². The fourth-order valence-corrected chi connectivity index (χ4v) is 1.86. The van der Waals surface area contributed by atoms with E-state index in [9.17, 15) is 4.79 Å². The highest BCUT2D eigenvalue weighted by atomic mass is 16.2. The first kappa shape index (κ1) is 12.4. The van der Waals surface area contributed by atoms with Gasteiger partial charge in [0.15, 0.2) is 0 Å². The summed E-state index contributed by atoms with van der Waals surface area (Å²) < 4.78 is 0. The zero-order chi connectivity index (χ0) is 13.1. The molecule has 1 amide bonds. The minimum Gasteiger partial charge on any atom is -0.365 e. The first-order valence-corrected chi connectivity index (χ1v) is 6.09. The van der Waals surface area contributed by atoms with Crippen molar-refractivity contribution in [2.24, 2.45) is 0 Å². The molecule has 94 valence electrons. The number of anilines is 1. The zero-order valence-electron chi connectivity index (χ0n) is 10.8. The molecule has 4 nitrogen and oxygen atoms in total. The van der Waals surface area contributed by atoms with E-state index >= 15 is 0 Å². The van der Waals surface area contributed by atoms with Gasteiger partial charge in [-0.05, 0) is 37.1 Å². The third kappa shape index (κ3) is 2.80. The quantitative estimate of drug-likeness (QED) is 0.807. The maximum Gasteiger partial charge on any atom is 0.242 e. The molecule has 2 rings (SSSR count). The van der Waals surface area contributed by atoms with Gasteiger partial charge in [-0.2, -0.15) is 5.26 Å². The van der Waals surface area contributed by atoms with E-state index in [-0.39, 0.29) is 5.91 Å². The highest BCUT2D eigenvalue weighted by Gasteiger charge is 2.29. The maximum absolute atomic E-state index is 12.0. The van der Waals surface area contributed by atoms with E-state index in [2.05, 4.69) is 6.07 Å². The van der Waals surface area contributed by atoms with Gasteiger partial charge in [0.05, 0.1) is 18.2 Å². The van der Waals surface area contributed by atoms with Crippen molar-refractivity contribution in [3.05, 3.63) is 29.8 Å². The van der Waals surface area contributed by atoms with Crippen LogP contribution < -0.4 is 4.90 Å². The molecule has 1 aliphatic rings. The van der Waals surface area contributed by atoms with Gasteiger partial charge in [0.25, 0.3) is 0 Å². The van der Waals surface area contributed by atoms with Crippen molar-refractivity contribution in [1.82, 2.24) is 4.90 Å².